The van der Waals surface area contributed by atoms with Crippen molar-refractivity contribution in [2.45, 2.75) is 12.6 Å². The molecule has 0 spiro atoms. The van der Waals surface area contributed by atoms with Crippen molar-refractivity contribution in [1.82, 2.24) is 0 Å². The fourth-order valence-electron chi connectivity index (χ4n) is 3.49. The molecule has 0 bridgehead atoms. The van der Waals surface area contributed by atoms with Gasteiger partial charge in [-0.15, -0.1) is 0 Å². The van der Waals surface area contributed by atoms with Gasteiger partial charge in [-0.25, -0.2) is 0 Å². The topological polar surface area (TPSA) is 20.2 Å². The molecule has 2 atom stereocenters. The smallest absolute Gasteiger partial charge is 0.123 e. The number of aromatic hydroxyl groups is 1. The number of fused-ring (bicyclic) bond motifs is 1. The molecular formula is C22H19OP. The quantitative estimate of drug-likeness (QED) is 0.671. The molecule has 1 N–H and O–H groups in total. The van der Waals surface area contributed by atoms with Crippen LogP contribution in [-0.4, -0.2) is 5.11 Å². The van der Waals surface area contributed by atoms with Crippen LogP contribution < -0.4 is 10.6 Å². The molecule has 4 rings (SSSR count). The summed E-state index contributed by atoms with van der Waals surface area (Å²) in [5, 5.41) is 12.9. The fourth-order valence-corrected chi connectivity index (χ4v) is 6.40. The Balaban J connectivity index is 1.92. The summed E-state index contributed by atoms with van der Waals surface area (Å²) in [4.78, 5) is 0. The first-order valence-electron chi connectivity index (χ1n) is 8.15. The largest absolute Gasteiger partial charge is 0.507 e. The second kappa shape index (κ2) is 6.26. The number of allylic oxidation sites excluding steroid dienone is 1. The Morgan fingerprint density at radius 1 is 0.792 bits per heavy atom. The molecule has 1 aliphatic rings. The molecule has 0 aromatic heterocycles. The van der Waals surface area contributed by atoms with Crippen LogP contribution in [0.25, 0.3) is 6.08 Å². The van der Waals surface area contributed by atoms with Gasteiger partial charge in [-0.05, 0) is 37.3 Å². The molecule has 118 valence electrons. The Bertz CT molecular complexity index is 899. The van der Waals surface area contributed by atoms with Crippen molar-refractivity contribution in [2.24, 2.45) is 0 Å². The summed E-state index contributed by atoms with van der Waals surface area (Å²) in [7, 11) is -0.717. The number of para-hydroxylation sites is 1. The van der Waals surface area contributed by atoms with Gasteiger partial charge in [-0.2, -0.15) is 0 Å². The van der Waals surface area contributed by atoms with E-state index in [4.69, 9.17) is 0 Å². The average Bonchev–Trinajstić information content (AvgIpc) is 2.94. The van der Waals surface area contributed by atoms with E-state index < -0.39 is 7.92 Å². The van der Waals surface area contributed by atoms with E-state index in [1.807, 2.05) is 18.2 Å². The van der Waals surface area contributed by atoms with E-state index in [1.165, 1.54) is 22.0 Å². The molecule has 0 heterocycles. The van der Waals surface area contributed by atoms with Crippen LogP contribution in [0.2, 0.25) is 0 Å². The van der Waals surface area contributed by atoms with Gasteiger partial charge in [0.25, 0.3) is 0 Å². The molecule has 0 radical (unpaired) electrons. The molecule has 0 fully saturated rings. The first-order valence-corrected chi connectivity index (χ1v) is 9.56. The Hall–Kier alpha value is -2.37. The Labute approximate surface area is 144 Å². The molecule has 0 aliphatic heterocycles. The molecule has 24 heavy (non-hydrogen) atoms. The van der Waals surface area contributed by atoms with E-state index >= 15 is 0 Å². The standard InChI is InChI=1S/C22H19OP/c1-16-15-17-9-5-6-12-19(17)22(16)24(18-10-3-2-4-11-18)21-14-8-7-13-20(21)23/h2-15,22-23H,1H3. The predicted molar refractivity (Wildman–Crippen MR) is 104 cm³/mol. The maximum Gasteiger partial charge on any atom is 0.123 e. The van der Waals surface area contributed by atoms with Crippen molar-refractivity contribution in [3.05, 3.63) is 95.6 Å². The Kier molecular flexibility index (Phi) is 3.96. The minimum absolute atomic E-state index is 0.312. The van der Waals surface area contributed by atoms with Gasteiger partial charge in [0.1, 0.15) is 5.75 Å². The first-order chi connectivity index (χ1) is 11.8. The second-order valence-electron chi connectivity index (χ2n) is 6.11. The van der Waals surface area contributed by atoms with Crippen molar-refractivity contribution in [1.29, 1.82) is 0 Å². The third-order valence-electron chi connectivity index (χ3n) is 4.54. The van der Waals surface area contributed by atoms with Gasteiger partial charge in [0.2, 0.25) is 0 Å². The molecule has 0 amide bonds. The van der Waals surface area contributed by atoms with E-state index in [1.54, 1.807) is 6.07 Å². The Morgan fingerprint density at radius 2 is 1.46 bits per heavy atom. The summed E-state index contributed by atoms with van der Waals surface area (Å²) < 4.78 is 0. The number of hydrogen-bond donors (Lipinski definition) is 1. The van der Waals surface area contributed by atoms with Crippen LogP contribution in [0.5, 0.6) is 5.75 Å². The monoisotopic (exact) mass is 330 g/mol. The number of phenolic OH excluding ortho intramolecular Hbond substituents is 1. The van der Waals surface area contributed by atoms with Gasteiger partial charge in [-0.1, -0.05) is 84.4 Å². The highest BCUT2D eigenvalue weighted by molar-refractivity contribution is 7.73. The van der Waals surface area contributed by atoms with Crippen LogP contribution in [0.1, 0.15) is 23.7 Å². The van der Waals surface area contributed by atoms with Gasteiger partial charge in [0.05, 0.1) is 0 Å². The molecule has 1 nitrogen and oxygen atoms in total. The van der Waals surface area contributed by atoms with Crippen LogP contribution >= 0.6 is 7.92 Å². The van der Waals surface area contributed by atoms with Crippen molar-refractivity contribution >= 4 is 24.6 Å². The van der Waals surface area contributed by atoms with Crippen LogP contribution in [0.3, 0.4) is 0 Å². The second-order valence-corrected chi connectivity index (χ2v) is 8.37. The summed E-state index contributed by atoms with van der Waals surface area (Å²) in [5.74, 6) is 0.393. The van der Waals surface area contributed by atoms with Gasteiger partial charge in [-0.3, -0.25) is 0 Å². The van der Waals surface area contributed by atoms with Gasteiger partial charge in [0, 0.05) is 11.0 Å². The zero-order valence-corrected chi connectivity index (χ0v) is 14.4. The van der Waals surface area contributed by atoms with Crippen LogP contribution in [0.4, 0.5) is 0 Å². The van der Waals surface area contributed by atoms with Gasteiger partial charge < -0.3 is 5.11 Å². The maximum atomic E-state index is 10.5. The minimum atomic E-state index is -0.717. The molecule has 3 aromatic rings. The summed E-state index contributed by atoms with van der Waals surface area (Å²) in [6.45, 7) is 2.21. The lowest BCUT2D eigenvalue weighted by molar-refractivity contribution is 0.479. The predicted octanol–water partition coefficient (Wildman–Crippen LogP) is 4.98. The molecule has 2 unspecified atom stereocenters. The highest BCUT2D eigenvalue weighted by Crippen LogP contribution is 2.58. The van der Waals surface area contributed by atoms with Crippen LogP contribution in [0.15, 0.2) is 84.4 Å². The van der Waals surface area contributed by atoms with Crippen molar-refractivity contribution < 1.29 is 5.11 Å². The van der Waals surface area contributed by atoms with E-state index in [2.05, 4.69) is 67.6 Å². The van der Waals surface area contributed by atoms with E-state index in [0.717, 1.165) is 5.30 Å². The lowest BCUT2D eigenvalue weighted by Gasteiger charge is -2.28. The molecule has 0 saturated heterocycles. The van der Waals surface area contributed by atoms with Crippen LogP contribution in [-0.2, 0) is 0 Å². The van der Waals surface area contributed by atoms with Gasteiger partial charge in [0.15, 0.2) is 0 Å². The molecule has 2 heteroatoms. The van der Waals surface area contributed by atoms with Gasteiger partial charge >= 0.3 is 0 Å². The summed E-state index contributed by atoms with van der Waals surface area (Å²) >= 11 is 0. The van der Waals surface area contributed by atoms with Crippen molar-refractivity contribution in [3.63, 3.8) is 0 Å². The highest BCUT2D eigenvalue weighted by atomic mass is 31.1. The summed E-state index contributed by atoms with van der Waals surface area (Å²) in [6, 6.07) is 27.0. The first kappa shape index (κ1) is 15.2. The van der Waals surface area contributed by atoms with Crippen LogP contribution in [0, 0.1) is 0 Å². The summed E-state index contributed by atoms with van der Waals surface area (Å²) in [5.41, 5.74) is 4.35. The molecular weight excluding hydrogens is 311 g/mol. The zero-order chi connectivity index (χ0) is 16.5. The normalized spacial score (nSPS) is 17.2. The van der Waals surface area contributed by atoms with Crippen molar-refractivity contribution in [3.8, 4) is 5.75 Å². The molecule has 0 saturated carbocycles. The lowest BCUT2D eigenvalue weighted by Crippen LogP contribution is -2.17. The average molecular weight is 330 g/mol. The van der Waals surface area contributed by atoms with E-state index in [-0.39, 0.29) is 0 Å². The number of rotatable bonds is 3. The van der Waals surface area contributed by atoms with E-state index in [0.29, 0.717) is 11.4 Å². The molecule has 3 aromatic carbocycles. The molecule has 1 aliphatic carbocycles. The zero-order valence-electron chi connectivity index (χ0n) is 13.6. The van der Waals surface area contributed by atoms with Crippen molar-refractivity contribution in [2.75, 3.05) is 0 Å². The fraction of sp³-hybridized carbons (Fsp3) is 0.0909. The number of phenols is 1. The lowest BCUT2D eigenvalue weighted by atomic mass is 10.1. The Morgan fingerprint density at radius 3 is 2.25 bits per heavy atom. The van der Waals surface area contributed by atoms with E-state index in [9.17, 15) is 5.11 Å². The SMILES string of the molecule is CC1=Cc2ccccc2C1P(c1ccccc1)c1ccccc1O. The third kappa shape index (κ3) is 2.56. The maximum absolute atomic E-state index is 10.5. The number of benzene rings is 3. The number of hydrogen-bond acceptors (Lipinski definition) is 1. The third-order valence-corrected chi connectivity index (χ3v) is 7.49. The minimum Gasteiger partial charge on any atom is -0.507 e. The highest BCUT2D eigenvalue weighted by Gasteiger charge is 2.33. The summed E-state index contributed by atoms with van der Waals surface area (Å²) in [6.07, 6.45) is 2.29.